The summed E-state index contributed by atoms with van der Waals surface area (Å²) in [6.45, 7) is -0.641. The molecular formula is C16H11Cl2FN2O5. The molecule has 0 radical (unpaired) electrons. The molecule has 0 heterocycles. The maximum absolute atomic E-state index is 13.6. The van der Waals surface area contributed by atoms with Gasteiger partial charge in [0.25, 0.3) is 11.6 Å². The van der Waals surface area contributed by atoms with Gasteiger partial charge >= 0.3 is 5.97 Å². The maximum atomic E-state index is 13.6. The number of esters is 1. The third-order valence-electron chi connectivity index (χ3n) is 3.18. The summed E-state index contributed by atoms with van der Waals surface area (Å²) in [6, 6.07) is 7.46. The van der Waals surface area contributed by atoms with Crippen LogP contribution in [0, 0.1) is 15.9 Å². The molecule has 26 heavy (non-hydrogen) atoms. The molecule has 0 spiro atoms. The Kier molecular flexibility index (Phi) is 6.48. The molecule has 0 saturated heterocycles. The first-order valence-corrected chi connectivity index (χ1v) is 7.86. The Labute approximate surface area is 156 Å². The lowest BCUT2D eigenvalue weighted by atomic mass is 10.1. The summed E-state index contributed by atoms with van der Waals surface area (Å²) in [6.07, 6.45) is -0.433. The molecule has 2 aromatic rings. The molecule has 2 rings (SSSR count). The minimum atomic E-state index is -0.845. The van der Waals surface area contributed by atoms with Crippen molar-refractivity contribution in [2.45, 2.75) is 6.42 Å². The molecule has 0 aliphatic rings. The zero-order chi connectivity index (χ0) is 19.3. The van der Waals surface area contributed by atoms with Crippen LogP contribution in [0.5, 0.6) is 0 Å². The normalized spacial score (nSPS) is 10.3. The minimum Gasteiger partial charge on any atom is -0.455 e. The molecule has 2 aromatic carbocycles. The van der Waals surface area contributed by atoms with E-state index in [-0.39, 0.29) is 27.0 Å². The Bertz CT molecular complexity index is 855. The van der Waals surface area contributed by atoms with E-state index in [0.29, 0.717) is 0 Å². The fraction of sp³-hybridized carbons (Fsp3) is 0.125. The molecule has 1 N–H and O–H groups in total. The first-order valence-electron chi connectivity index (χ1n) is 7.10. The van der Waals surface area contributed by atoms with Crippen LogP contribution in [0.15, 0.2) is 36.4 Å². The van der Waals surface area contributed by atoms with Gasteiger partial charge in [0.2, 0.25) is 0 Å². The Morgan fingerprint density at radius 1 is 1.19 bits per heavy atom. The number of nitrogens with one attached hydrogen (secondary N) is 1. The van der Waals surface area contributed by atoms with Gasteiger partial charge in [-0.15, -0.1) is 0 Å². The Morgan fingerprint density at radius 2 is 1.92 bits per heavy atom. The molecule has 0 bridgehead atoms. The van der Waals surface area contributed by atoms with E-state index in [1.165, 1.54) is 18.2 Å². The number of halogens is 3. The van der Waals surface area contributed by atoms with Gasteiger partial charge in [0.15, 0.2) is 6.61 Å². The van der Waals surface area contributed by atoms with Crippen LogP contribution in [0.25, 0.3) is 0 Å². The van der Waals surface area contributed by atoms with Gasteiger partial charge < -0.3 is 10.1 Å². The third kappa shape index (κ3) is 5.14. The van der Waals surface area contributed by atoms with E-state index < -0.39 is 35.6 Å². The molecule has 7 nitrogen and oxygen atoms in total. The molecule has 0 aromatic heterocycles. The first kappa shape index (κ1) is 19.6. The number of amides is 1. The van der Waals surface area contributed by atoms with Crippen molar-refractivity contribution in [3.63, 3.8) is 0 Å². The number of nitro benzene ring substituents is 1. The summed E-state index contributed by atoms with van der Waals surface area (Å²) in [5.41, 5.74) is -0.144. The number of benzene rings is 2. The van der Waals surface area contributed by atoms with Crippen LogP contribution in [0.2, 0.25) is 10.0 Å². The van der Waals surface area contributed by atoms with Crippen LogP contribution in [0.4, 0.5) is 15.8 Å². The standard InChI is InChI=1S/C16H11Cl2FN2O5/c17-11-2-1-3-13(19)10(11)7-16(23)26-8-15(22)20-14-5-4-9(21(24)25)6-12(14)18/h1-6H,7-8H2,(H,20,22). The number of nitro groups is 1. The number of nitrogens with zero attached hydrogens (tertiary/aromatic N) is 1. The van der Waals surface area contributed by atoms with Crippen LogP contribution in [-0.4, -0.2) is 23.4 Å². The SMILES string of the molecule is O=C(COC(=O)Cc1c(F)cccc1Cl)Nc1ccc([N+](=O)[O-])cc1Cl. The molecule has 0 fully saturated rings. The number of anilines is 1. The quantitative estimate of drug-likeness (QED) is 0.452. The lowest BCUT2D eigenvalue weighted by Gasteiger charge is -2.09. The summed E-state index contributed by atoms with van der Waals surface area (Å²) < 4.78 is 18.4. The van der Waals surface area contributed by atoms with Gasteiger partial charge in [0.1, 0.15) is 5.82 Å². The van der Waals surface area contributed by atoms with Gasteiger partial charge in [-0.2, -0.15) is 0 Å². The molecule has 0 aliphatic carbocycles. The van der Waals surface area contributed by atoms with Crippen molar-refractivity contribution in [2.75, 3.05) is 11.9 Å². The molecule has 136 valence electrons. The zero-order valence-corrected chi connectivity index (χ0v) is 14.5. The Balaban J connectivity index is 1.90. The van der Waals surface area contributed by atoms with Gasteiger partial charge in [-0.25, -0.2) is 4.39 Å². The first-order chi connectivity index (χ1) is 12.3. The van der Waals surface area contributed by atoms with Crippen molar-refractivity contribution in [1.29, 1.82) is 0 Å². The van der Waals surface area contributed by atoms with Crippen molar-refractivity contribution in [3.8, 4) is 0 Å². The van der Waals surface area contributed by atoms with Crippen molar-refractivity contribution >= 4 is 46.5 Å². The zero-order valence-electron chi connectivity index (χ0n) is 13.0. The molecule has 10 heteroatoms. The topological polar surface area (TPSA) is 98.5 Å². The number of non-ortho nitro benzene ring substituents is 1. The van der Waals surface area contributed by atoms with Crippen molar-refractivity contribution in [2.24, 2.45) is 0 Å². The van der Waals surface area contributed by atoms with Crippen molar-refractivity contribution in [3.05, 3.63) is 67.9 Å². The molecule has 1 amide bonds. The second kappa shape index (κ2) is 8.59. The summed E-state index contributed by atoms with van der Waals surface area (Å²) in [5.74, 6) is -2.22. The second-order valence-corrected chi connectivity index (χ2v) is 5.82. The monoisotopic (exact) mass is 400 g/mol. The molecule has 0 atom stereocenters. The number of carbonyl (C=O) groups excluding carboxylic acids is 2. The summed E-state index contributed by atoms with van der Waals surface area (Å²) in [7, 11) is 0. The van der Waals surface area contributed by atoms with Crippen LogP contribution in [0.3, 0.4) is 0 Å². The lowest BCUT2D eigenvalue weighted by molar-refractivity contribution is -0.384. The maximum Gasteiger partial charge on any atom is 0.310 e. The van der Waals surface area contributed by atoms with Gasteiger partial charge in [-0.1, -0.05) is 29.3 Å². The number of ether oxygens (including phenoxy) is 1. The molecule has 0 aliphatic heterocycles. The van der Waals surface area contributed by atoms with Crippen LogP contribution >= 0.6 is 23.2 Å². The average Bonchev–Trinajstić information content (AvgIpc) is 2.58. The summed E-state index contributed by atoms with van der Waals surface area (Å²) in [5, 5.41) is 13.0. The van der Waals surface area contributed by atoms with E-state index in [1.807, 2.05) is 0 Å². The average molecular weight is 401 g/mol. The van der Waals surface area contributed by atoms with Crippen LogP contribution < -0.4 is 5.32 Å². The fourth-order valence-electron chi connectivity index (χ4n) is 1.95. The van der Waals surface area contributed by atoms with E-state index in [4.69, 9.17) is 27.9 Å². The van der Waals surface area contributed by atoms with E-state index in [1.54, 1.807) is 0 Å². The van der Waals surface area contributed by atoms with Gasteiger partial charge in [-0.3, -0.25) is 19.7 Å². The third-order valence-corrected chi connectivity index (χ3v) is 3.85. The van der Waals surface area contributed by atoms with Crippen molar-refractivity contribution < 1.29 is 23.6 Å². The van der Waals surface area contributed by atoms with Crippen LogP contribution in [0.1, 0.15) is 5.56 Å². The van der Waals surface area contributed by atoms with Gasteiger partial charge in [0, 0.05) is 22.7 Å². The smallest absolute Gasteiger partial charge is 0.310 e. The highest BCUT2D eigenvalue weighted by Crippen LogP contribution is 2.26. The number of carbonyl (C=O) groups is 2. The van der Waals surface area contributed by atoms with Crippen molar-refractivity contribution in [1.82, 2.24) is 0 Å². The highest BCUT2D eigenvalue weighted by molar-refractivity contribution is 6.34. The second-order valence-electron chi connectivity index (χ2n) is 5.01. The van der Waals surface area contributed by atoms with E-state index in [0.717, 1.165) is 18.2 Å². The number of hydrogen-bond donors (Lipinski definition) is 1. The number of hydrogen-bond acceptors (Lipinski definition) is 5. The van der Waals surface area contributed by atoms with Crippen LogP contribution in [-0.2, 0) is 20.7 Å². The van der Waals surface area contributed by atoms with E-state index >= 15 is 0 Å². The predicted octanol–water partition coefficient (Wildman–Crippen LogP) is 3.77. The molecule has 0 saturated carbocycles. The molecular weight excluding hydrogens is 390 g/mol. The van der Waals surface area contributed by atoms with Gasteiger partial charge in [0.05, 0.1) is 22.1 Å². The highest BCUT2D eigenvalue weighted by Gasteiger charge is 2.15. The highest BCUT2D eigenvalue weighted by atomic mass is 35.5. The summed E-state index contributed by atoms with van der Waals surface area (Å²) >= 11 is 11.6. The Morgan fingerprint density at radius 3 is 2.54 bits per heavy atom. The lowest BCUT2D eigenvalue weighted by Crippen LogP contribution is -2.22. The van der Waals surface area contributed by atoms with Gasteiger partial charge in [-0.05, 0) is 18.2 Å². The fourth-order valence-corrected chi connectivity index (χ4v) is 2.40. The van der Waals surface area contributed by atoms with E-state index in [9.17, 15) is 24.1 Å². The predicted molar refractivity (Wildman–Crippen MR) is 92.8 cm³/mol. The minimum absolute atomic E-state index is 0.0296. The molecule has 0 unspecified atom stereocenters. The summed E-state index contributed by atoms with van der Waals surface area (Å²) in [4.78, 5) is 33.5. The largest absolute Gasteiger partial charge is 0.455 e. The Hall–Kier alpha value is -2.71. The van der Waals surface area contributed by atoms with E-state index in [2.05, 4.69) is 5.32 Å². The number of rotatable bonds is 6.